The maximum atomic E-state index is 13.8. The molecule has 0 aliphatic carbocycles. The van der Waals surface area contributed by atoms with Gasteiger partial charge < -0.3 is 14.7 Å². The fourth-order valence-corrected chi connectivity index (χ4v) is 5.58. The smallest absolute Gasteiger partial charge is 0.253 e. The van der Waals surface area contributed by atoms with Crippen molar-refractivity contribution < 1.29 is 18.1 Å². The van der Waals surface area contributed by atoms with E-state index < -0.39 is 0 Å². The number of aryl methyl sites for hydroxylation is 1. The number of hydrogen-bond acceptors (Lipinski definition) is 5. The highest BCUT2D eigenvalue weighted by Crippen LogP contribution is 2.37. The number of hydrogen-bond donors (Lipinski definition) is 1. The van der Waals surface area contributed by atoms with Gasteiger partial charge in [0.2, 0.25) is 11.7 Å². The van der Waals surface area contributed by atoms with Crippen molar-refractivity contribution in [3.05, 3.63) is 107 Å². The van der Waals surface area contributed by atoms with Crippen molar-refractivity contribution >= 4 is 5.91 Å². The Balaban J connectivity index is 1.32. The van der Waals surface area contributed by atoms with E-state index in [1.807, 2.05) is 41.3 Å². The molecule has 1 amide bonds. The first-order chi connectivity index (χ1) is 19.2. The van der Waals surface area contributed by atoms with Crippen molar-refractivity contribution in [2.24, 2.45) is 5.92 Å². The van der Waals surface area contributed by atoms with Gasteiger partial charge in [0, 0.05) is 49.1 Å². The Morgan fingerprint density at radius 2 is 1.55 bits per heavy atom. The van der Waals surface area contributed by atoms with Crippen molar-refractivity contribution in [3.63, 3.8) is 0 Å². The quantitative estimate of drug-likeness (QED) is 0.275. The summed E-state index contributed by atoms with van der Waals surface area (Å²) in [4.78, 5) is 19.5. The highest BCUT2D eigenvalue weighted by atomic mass is 19.1. The second-order valence-electron chi connectivity index (χ2n) is 10.9. The number of nitrogens with zero attached hydrogens (tertiary/aromatic N) is 3. The Bertz CT molecular complexity index is 1430. The molecule has 1 fully saturated rings. The number of carbonyl (C=O) groups excluding carboxylic acids is 1. The molecule has 1 saturated heterocycles. The standard InChI is InChI=1S/C32H34F2N4O2/c1-21(2)29(23-8-12-27(33)13-9-23)35-20-32(26-10-14-28(34)15-11-26)16-18-38(19-17-32)31(39)25-6-4-24(5-7-25)30-36-22(3)40-37-30/h4-15,21,29,35H,16-20H2,1-3H3. The Labute approximate surface area is 233 Å². The molecule has 0 spiro atoms. The number of aromatic nitrogens is 2. The lowest BCUT2D eigenvalue weighted by molar-refractivity contribution is 0.0661. The minimum atomic E-state index is -0.280. The van der Waals surface area contributed by atoms with Gasteiger partial charge in [-0.25, -0.2) is 8.78 Å². The third-order valence-electron chi connectivity index (χ3n) is 7.94. The molecule has 2 heterocycles. The number of piperidine rings is 1. The molecule has 8 heteroatoms. The lowest BCUT2D eigenvalue weighted by Crippen LogP contribution is -2.50. The van der Waals surface area contributed by atoms with Gasteiger partial charge in [-0.2, -0.15) is 4.98 Å². The van der Waals surface area contributed by atoms with Gasteiger partial charge in [0.05, 0.1) is 0 Å². The van der Waals surface area contributed by atoms with Crippen LogP contribution in [0.3, 0.4) is 0 Å². The van der Waals surface area contributed by atoms with Gasteiger partial charge >= 0.3 is 0 Å². The molecule has 1 aliphatic rings. The fraction of sp³-hybridized carbons (Fsp3) is 0.344. The molecule has 1 N–H and O–H groups in total. The molecule has 0 bridgehead atoms. The Kier molecular flexibility index (Phi) is 8.07. The lowest BCUT2D eigenvalue weighted by atomic mass is 9.72. The van der Waals surface area contributed by atoms with Crippen molar-refractivity contribution in [1.29, 1.82) is 0 Å². The van der Waals surface area contributed by atoms with E-state index in [9.17, 15) is 13.6 Å². The van der Waals surface area contributed by atoms with Crippen LogP contribution in [0.5, 0.6) is 0 Å². The van der Waals surface area contributed by atoms with Gasteiger partial charge in [-0.1, -0.05) is 55.4 Å². The summed E-state index contributed by atoms with van der Waals surface area (Å²) < 4.78 is 32.5. The number of amides is 1. The van der Waals surface area contributed by atoms with E-state index in [0.29, 0.717) is 36.9 Å². The van der Waals surface area contributed by atoms with Crippen LogP contribution in [-0.4, -0.2) is 40.6 Å². The maximum Gasteiger partial charge on any atom is 0.253 e. The zero-order chi connectivity index (χ0) is 28.3. The number of nitrogens with one attached hydrogen (secondary N) is 1. The molecule has 0 radical (unpaired) electrons. The second kappa shape index (κ2) is 11.7. The summed E-state index contributed by atoms with van der Waals surface area (Å²) in [5.74, 6) is 0.696. The Hall–Kier alpha value is -3.91. The molecule has 6 nitrogen and oxygen atoms in total. The largest absolute Gasteiger partial charge is 0.339 e. The molecular formula is C32H34F2N4O2. The summed E-state index contributed by atoms with van der Waals surface area (Å²) in [6.45, 7) is 7.81. The van der Waals surface area contributed by atoms with Gasteiger partial charge in [0.1, 0.15) is 11.6 Å². The van der Waals surface area contributed by atoms with E-state index >= 15 is 0 Å². The number of rotatable bonds is 8. The molecule has 1 atom stereocenters. The van der Waals surface area contributed by atoms with Crippen LogP contribution < -0.4 is 5.32 Å². The van der Waals surface area contributed by atoms with E-state index in [1.165, 1.54) is 24.3 Å². The van der Waals surface area contributed by atoms with E-state index in [1.54, 1.807) is 19.1 Å². The molecule has 4 aromatic rings. The molecule has 3 aromatic carbocycles. The van der Waals surface area contributed by atoms with E-state index in [0.717, 1.165) is 29.5 Å². The minimum Gasteiger partial charge on any atom is -0.339 e. The first-order valence-electron chi connectivity index (χ1n) is 13.7. The molecule has 0 saturated carbocycles. The van der Waals surface area contributed by atoms with E-state index in [4.69, 9.17) is 4.52 Å². The first kappa shape index (κ1) is 27.6. The summed E-state index contributed by atoms with van der Waals surface area (Å²) in [6, 6.07) is 20.6. The molecule has 1 unspecified atom stereocenters. The van der Waals surface area contributed by atoms with Crippen molar-refractivity contribution in [3.8, 4) is 11.4 Å². The third kappa shape index (κ3) is 5.97. The predicted octanol–water partition coefficient (Wildman–Crippen LogP) is 6.48. The maximum absolute atomic E-state index is 13.8. The summed E-state index contributed by atoms with van der Waals surface area (Å²) in [7, 11) is 0. The van der Waals surface area contributed by atoms with Crippen molar-refractivity contribution in [2.45, 2.75) is 45.1 Å². The highest BCUT2D eigenvalue weighted by molar-refractivity contribution is 5.94. The third-order valence-corrected chi connectivity index (χ3v) is 7.94. The highest BCUT2D eigenvalue weighted by Gasteiger charge is 2.38. The molecule has 1 aliphatic heterocycles. The number of halogens is 2. The van der Waals surface area contributed by atoms with Crippen LogP contribution in [0.2, 0.25) is 0 Å². The van der Waals surface area contributed by atoms with E-state index in [2.05, 4.69) is 29.3 Å². The Morgan fingerprint density at radius 3 is 2.10 bits per heavy atom. The number of likely N-dealkylation sites (tertiary alicyclic amines) is 1. The van der Waals surface area contributed by atoms with Crippen molar-refractivity contribution in [2.75, 3.05) is 19.6 Å². The Morgan fingerprint density at radius 1 is 0.950 bits per heavy atom. The fourth-order valence-electron chi connectivity index (χ4n) is 5.58. The molecule has 40 heavy (non-hydrogen) atoms. The zero-order valence-corrected chi connectivity index (χ0v) is 23.0. The number of carbonyl (C=O) groups is 1. The van der Waals surface area contributed by atoms with Crippen LogP contribution in [-0.2, 0) is 5.41 Å². The lowest BCUT2D eigenvalue weighted by Gasteiger charge is -2.43. The van der Waals surface area contributed by atoms with Crippen LogP contribution >= 0.6 is 0 Å². The predicted molar refractivity (Wildman–Crippen MR) is 150 cm³/mol. The second-order valence-corrected chi connectivity index (χ2v) is 10.9. The minimum absolute atomic E-state index is 0.0251. The van der Waals surface area contributed by atoms with Gasteiger partial charge in [-0.05, 0) is 66.3 Å². The van der Waals surface area contributed by atoms with Crippen LogP contribution in [0.25, 0.3) is 11.4 Å². The zero-order valence-electron chi connectivity index (χ0n) is 23.0. The molecule has 1 aromatic heterocycles. The van der Waals surface area contributed by atoms with Gasteiger partial charge in [-0.15, -0.1) is 0 Å². The summed E-state index contributed by atoms with van der Waals surface area (Å²) in [5, 5.41) is 7.68. The summed E-state index contributed by atoms with van der Waals surface area (Å²) >= 11 is 0. The number of benzene rings is 3. The molecular weight excluding hydrogens is 510 g/mol. The van der Waals surface area contributed by atoms with Crippen LogP contribution in [0.4, 0.5) is 8.78 Å². The normalized spacial score (nSPS) is 15.8. The summed E-state index contributed by atoms with van der Waals surface area (Å²) in [5.41, 5.74) is 3.19. The van der Waals surface area contributed by atoms with Crippen LogP contribution in [0, 0.1) is 24.5 Å². The average molecular weight is 545 g/mol. The van der Waals surface area contributed by atoms with Crippen LogP contribution in [0.15, 0.2) is 77.3 Å². The van der Waals surface area contributed by atoms with Crippen molar-refractivity contribution in [1.82, 2.24) is 20.4 Å². The van der Waals surface area contributed by atoms with Gasteiger partial charge in [0.15, 0.2) is 0 Å². The van der Waals surface area contributed by atoms with E-state index in [-0.39, 0.29) is 34.9 Å². The summed E-state index contributed by atoms with van der Waals surface area (Å²) in [6.07, 6.45) is 1.46. The topological polar surface area (TPSA) is 71.3 Å². The molecule has 5 rings (SSSR count). The first-order valence-corrected chi connectivity index (χ1v) is 13.7. The molecule has 208 valence electrons. The van der Waals surface area contributed by atoms with Crippen LogP contribution in [0.1, 0.15) is 60.1 Å². The van der Waals surface area contributed by atoms with Gasteiger partial charge in [0.25, 0.3) is 5.91 Å². The average Bonchev–Trinajstić information content (AvgIpc) is 3.40. The van der Waals surface area contributed by atoms with Gasteiger partial charge in [-0.3, -0.25) is 4.79 Å². The monoisotopic (exact) mass is 544 g/mol. The SMILES string of the molecule is Cc1nc(-c2ccc(C(=O)N3CCC(CNC(c4ccc(F)cc4)C(C)C)(c4ccc(F)cc4)CC3)cc2)no1.